The van der Waals surface area contributed by atoms with Gasteiger partial charge in [0.2, 0.25) is 5.75 Å². The van der Waals surface area contributed by atoms with Crippen LogP contribution in [-0.4, -0.2) is 27.1 Å². The molecule has 1 aliphatic carbocycles. The smallest absolute Gasteiger partial charge is 0.203 e. The van der Waals surface area contributed by atoms with E-state index in [0.29, 0.717) is 29.2 Å². The Morgan fingerprint density at radius 3 is 2.24 bits per heavy atom. The third-order valence-corrected chi connectivity index (χ3v) is 4.52. The summed E-state index contributed by atoms with van der Waals surface area (Å²) >= 11 is 0. The average Bonchev–Trinajstić information content (AvgIpc) is 3.42. The van der Waals surface area contributed by atoms with Crippen molar-refractivity contribution in [3.8, 4) is 17.2 Å². The van der Waals surface area contributed by atoms with Crippen molar-refractivity contribution in [1.29, 1.82) is 0 Å². The molecule has 132 valence electrons. The van der Waals surface area contributed by atoms with Crippen molar-refractivity contribution in [3.63, 3.8) is 0 Å². The SMILES string of the molecule is COc1cc(C(=O)C2CC2c2ccc(F)c(N)c2)cc(OC)c1OC. The molecule has 1 saturated carbocycles. The normalized spacial score (nSPS) is 18.6. The molecule has 2 aromatic carbocycles. The molecule has 0 saturated heterocycles. The van der Waals surface area contributed by atoms with Gasteiger partial charge in [-0.25, -0.2) is 4.39 Å². The largest absolute Gasteiger partial charge is 0.493 e. The van der Waals surface area contributed by atoms with Crippen LogP contribution in [0.4, 0.5) is 10.1 Å². The van der Waals surface area contributed by atoms with E-state index >= 15 is 0 Å². The predicted molar refractivity (Wildman–Crippen MR) is 92.1 cm³/mol. The van der Waals surface area contributed by atoms with Gasteiger partial charge in [-0.15, -0.1) is 0 Å². The van der Waals surface area contributed by atoms with Gasteiger partial charge in [0.05, 0.1) is 27.0 Å². The van der Waals surface area contributed by atoms with E-state index in [1.165, 1.54) is 27.4 Å². The molecule has 0 heterocycles. The Morgan fingerprint density at radius 1 is 1.08 bits per heavy atom. The van der Waals surface area contributed by atoms with Crippen LogP contribution < -0.4 is 19.9 Å². The highest BCUT2D eigenvalue weighted by atomic mass is 19.1. The van der Waals surface area contributed by atoms with Crippen LogP contribution in [0.15, 0.2) is 30.3 Å². The zero-order valence-electron chi connectivity index (χ0n) is 14.3. The van der Waals surface area contributed by atoms with Crippen molar-refractivity contribution in [2.24, 2.45) is 5.92 Å². The van der Waals surface area contributed by atoms with E-state index in [1.807, 2.05) is 0 Å². The summed E-state index contributed by atoms with van der Waals surface area (Å²) < 4.78 is 29.2. The second-order valence-corrected chi connectivity index (χ2v) is 6.01. The van der Waals surface area contributed by atoms with E-state index in [9.17, 15) is 9.18 Å². The van der Waals surface area contributed by atoms with Crippen LogP contribution in [0.3, 0.4) is 0 Å². The van der Waals surface area contributed by atoms with Crippen LogP contribution in [0, 0.1) is 11.7 Å². The number of anilines is 1. The number of Topliss-reactive ketones (excluding diaryl/α,β-unsaturated/α-hetero) is 1. The monoisotopic (exact) mass is 345 g/mol. The number of benzene rings is 2. The highest BCUT2D eigenvalue weighted by Crippen LogP contribution is 2.50. The fourth-order valence-electron chi connectivity index (χ4n) is 3.08. The number of rotatable bonds is 6. The Bertz CT molecular complexity index is 796. The minimum absolute atomic E-state index is 0.00727. The van der Waals surface area contributed by atoms with E-state index in [0.717, 1.165) is 5.56 Å². The molecule has 2 unspecified atom stereocenters. The minimum atomic E-state index is -0.447. The van der Waals surface area contributed by atoms with Crippen LogP contribution in [0.25, 0.3) is 0 Å². The molecule has 0 aliphatic heterocycles. The molecule has 25 heavy (non-hydrogen) atoms. The number of methoxy groups -OCH3 is 3. The zero-order valence-corrected chi connectivity index (χ0v) is 14.3. The van der Waals surface area contributed by atoms with E-state index < -0.39 is 5.82 Å². The van der Waals surface area contributed by atoms with Gasteiger partial charge >= 0.3 is 0 Å². The second-order valence-electron chi connectivity index (χ2n) is 6.01. The quantitative estimate of drug-likeness (QED) is 0.642. The Kier molecular flexibility index (Phi) is 4.53. The molecule has 0 amide bonds. The zero-order chi connectivity index (χ0) is 18.1. The third-order valence-electron chi connectivity index (χ3n) is 4.52. The molecule has 1 fully saturated rings. The highest BCUT2D eigenvalue weighted by Gasteiger charge is 2.44. The molecule has 0 spiro atoms. The summed E-state index contributed by atoms with van der Waals surface area (Å²) in [5.74, 6) is 0.758. The molecule has 0 radical (unpaired) electrons. The van der Waals surface area contributed by atoms with Gasteiger partial charge in [0, 0.05) is 11.5 Å². The van der Waals surface area contributed by atoms with Crippen molar-refractivity contribution >= 4 is 11.5 Å². The molecule has 5 nitrogen and oxygen atoms in total. The number of nitrogen functional groups attached to an aromatic ring is 1. The highest BCUT2D eigenvalue weighted by molar-refractivity contribution is 6.01. The molecular weight excluding hydrogens is 325 g/mol. The maximum absolute atomic E-state index is 13.3. The molecule has 2 aromatic rings. The summed E-state index contributed by atoms with van der Waals surface area (Å²) in [6.07, 6.45) is 0.709. The van der Waals surface area contributed by atoms with Crippen LogP contribution in [0.5, 0.6) is 17.2 Å². The molecule has 2 atom stereocenters. The maximum atomic E-state index is 13.3. The lowest BCUT2D eigenvalue weighted by Gasteiger charge is -2.13. The molecule has 2 N–H and O–H groups in total. The Morgan fingerprint density at radius 2 is 1.72 bits per heavy atom. The van der Waals surface area contributed by atoms with Crippen molar-refractivity contribution in [1.82, 2.24) is 0 Å². The molecular formula is C19H20FNO4. The lowest BCUT2D eigenvalue weighted by Crippen LogP contribution is -2.06. The molecule has 6 heteroatoms. The maximum Gasteiger partial charge on any atom is 0.203 e. The standard InChI is InChI=1S/C19H20FNO4/c1-23-16-7-11(8-17(24-2)19(16)25-3)18(22)13-9-12(13)10-4-5-14(20)15(21)6-10/h4-8,12-13H,9,21H2,1-3H3. The summed E-state index contributed by atoms with van der Waals surface area (Å²) in [6.45, 7) is 0. The molecule has 0 bridgehead atoms. The number of carbonyl (C=O) groups excluding carboxylic acids is 1. The fraction of sp³-hybridized carbons (Fsp3) is 0.316. The number of ether oxygens (including phenoxy) is 3. The van der Waals surface area contributed by atoms with Gasteiger partial charge in [0.15, 0.2) is 17.3 Å². The van der Waals surface area contributed by atoms with Gasteiger partial charge in [-0.2, -0.15) is 0 Å². The third kappa shape index (κ3) is 3.12. The van der Waals surface area contributed by atoms with Crippen molar-refractivity contribution in [2.75, 3.05) is 27.1 Å². The van der Waals surface area contributed by atoms with E-state index in [1.54, 1.807) is 24.3 Å². The average molecular weight is 345 g/mol. The van der Waals surface area contributed by atoms with Gasteiger partial charge in [-0.05, 0) is 42.2 Å². The second kappa shape index (κ2) is 6.63. The van der Waals surface area contributed by atoms with Gasteiger partial charge in [0.1, 0.15) is 5.82 Å². The molecule has 1 aliphatic rings. The number of nitrogens with two attached hydrogens (primary N) is 1. The minimum Gasteiger partial charge on any atom is -0.493 e. The van der Waals surface area contributed by atoms with E-state index in [2.05, 4.69) is 0 Å². The molecule has 0 aromatic heterocycles. The Balaban J connectivity index is 1.86. The summed E-state index contributed by atoms with van der Waals surface area (Å²) in [5.41, 5.74) is 7.10. The summed E-state index contributed by atoms with van der Waals surface area (Å²) in [4.78, 5) is 12.8. The van der Waals surface area contributed by atoms with E-state index in [4.69, 9.17) is 19.9 Å². The number of ketones is 1. The predicted octanol–water partition coefficient (Wildman–Crippen LogP) is 3.42. The van der Waals surface area contributed by atoms with Gasteiger partial charge in [0.25, 0.3) is 0 Å². The first-order valence-corrected chi connectivity index (χ1v) is 7.89. The van der Waals surface area contributed by atoms with Crippen LogP contribution in [0.2, 0.25) is 0 Å². The van der Waals surface area contributed by atoms with Crippen molar-refractivity contribution < 1.29 is 23.4 Å². The van der Waals surface area contributed by atoms with Gasteiger partial charge in [-0.3, -0.25) is 4.79 Å². The van der Waals surface area contributed by atoms with Gasteiger partial charge < -0.3 is 19.9 Å². The lowest BCUT2D eigenvalue weighted by molar-refractivity contribution is 0.0964. The van der Waals surface area contributed by atoms with Crippen molar-refractivity contribution in [2.45, 2.75) is 12.3 Å². The van der Waals surface area contributed by atoms with Gasteiger partial charge in [-0.1, -0.05) is 6.07 Å². The fourth-order valence-corrected chi connectivity index (χ4v) is 3.08. The summed E-state index contributed by atoms with van der Waals surface area (Å²) in [5, 5.41) is 0. The first-order valence-electron chi connectivity index (χ1n) is 7.89. The summed E-state index contributed by atoms with van der Waals surface area (Å²) in [6, 6.07) is 7.92. The van der Waals surface area contributed by atoms with Crippen LogP contribution in [-0.2, 0) is 0 Å². The first-order chi connectivity index (χ1) is 12.0. The number of carbonyl (C=O) groups is 1. The van der Waals surface area contributed by atoms with E-state index in [-0.39, 0.29) is 23.3 Å². The Labute approximate surface area is 145 Å². The van der Waals surface area contributed by atoms with Crippen LogP contribution >= 0.6 is 0 Å². The number of hydrogen-bond donors (Lipinski definition) is 1. The summed E-state index contributed by atoms with van der Waals surface area (Å²) in [7, 11) is 4.53. The lowest BCUT2D eigenvalue weighted by atomic mass is 10.0. The van der Waals surface area contributed by atoms with Crippen molar-refractivity contribution in [3.05, 3.63) is 47.3 Å². The number of halogens is 1. The number of hydrogen-bond acceptors (Lipinski definition) is 5. The molecule has 3 rings (SSSR count). The van der Waals surface area contributed by atoms with Crippen LogP contribution in [0.1, 0.15) is 28.3 Å². The topological polar surface area (TPSA) is 70.8 Å². The Hall–Kier alpha value is -2.76. The first kappa shape index (κ1) is 17.1.